The van der Waals surface area contributed by atoms with Gasteiger partial charge < -0.3 is 15.5 Å². The van der Waals surface area contributed by atoms with E-state index in [2.05, 4.69) is 10.3 Å². The summed E-state index contributed by atoms with van der Waals surface area (Å²) in [6.45, 7) is 0. The van der Waals surface area contributed by atoms with Crippen LogP contribution in [0.3, 0.4) is 0 Å². The zero-order valence-electron chi connectivity index (χ0n) is 20.7. The van der Waals surface area contributed by atoms with Gasteiger partial charge in [0.15, 0.2) is 21.5 Å². The Balaban J connectivity index is 1.35. The van der Waals surface area contributed by atoms with Gasteiger partial charge in [-0.2, -0.15) is 0 Å². The number of fused-ring (bicyclic) bond motifs is 2. The van der Waals surface area contributed by atoms with Gasteiger partial charge in [0.2, 0.25) is 0 Å². The first-order chi connectivity index (χ1) is 18.5. The van der Waals surface area contributed by atoms with E-state index >= 15 is 0 Å². The molecule has 206 valence electrons. The molecule has 1 amide bonds. The third-order valence-corrected chi connectivity index (χ3v) is 10.7. The summed E-state index contributed by atoms with van der Waals surface area (Å²) in [5.74, 6) is -3.77. The Morgan fingerprint density at radius 1 is 1.10 bits per heavy atom. The number of aromatic nitrogens is 1. The lowest BCUT2D eigenvalue weighted by Gasteiger charge is -2.45. The molecule has 39 heavy (non-hydrogen) atoms. The number of nitrogens with zero attached hydrogens (tertiary/aromatic N) is 1. The number of aliphatic hydroxyl groups excluding tert-OH is 1. The van der Waals surface area contributed by atoms with Crippen molar-refractivity contribution in [1.82, 2.24) is 4.98 Å². The van der Waals surface area contributed by atoms with E-state index in [9.17, 15) is 32.2 Å². The second-order valence-electron chi connectivity index (χ2n) is 10.3. The average molecular weight is 577 g/mol. The van der Waals surface area contributed by atoms with Crippen molar-refractivity contribution >= 4 is 33.0 Å². The van der Waals surface area contributed by atoms with Crippen LogP contribution in [0.2, 0.25) is 5.02 Å². The number of carbonyl (C=O) groups excluding carboxylic acids is 1. The minimum absolute atomic E-state index is 0.00578. The van der Waals surface area contributed by atoms with E-state index in [0.717, 1.165) is 17.7 Å². The highest BCUT2D eigenvalue weighted by atomic mass is 35.5. The van der Waals surface area contributed by atoms with Gasteiger partial charge in [0, 0.05) is 36.1 Å². The number of aliphatic hydroxyl groups is 2. The number of hydrogen-bond donors (Lipinski definition) is 3. The van der Waals surface area contributed by atoms with Crippen molar-refractivity contribution in [2.24, 2.45) is 11.8 Å². The lowest BCUT2D eigenvalue weighted by Crippen LogP contribution is -2.56. The summed E-state index contributed by atoms with van der Waals surface area (Å²) >= 11 is 6.29. The number of nitrogens with one attached hydrogen (secondary N) is 1. The first-order valence-corrected chi connectivity index (χ1v) is 14.5. The Kier molecular flexibility index (Phi) is 7.49. The molecule has 0 aliphatic heterocycles. The normalized spacial score (nSPS) is 25.3. The minimum Gasteiger partial charge on any atom is -0.390 e. The summed E-state index contributed by atoms with van der Waals surface area (Å²) in [4.78, 5) is 16.6. The van der Waals surface area contributed by atoms with Crippen LogP contribution in [0.1, 0.15) is 41.6 Å². The third kappa shape index (κ3) is 5.18. The number of rotatable bonds is 7. The zero-order chi connectivity index (χ0) is 27.9. The molecule has 5 atom stereocenters. The number of carbonyl (C=O) groups is 1. The number of sulfone groups is 1. The van der Waals surface area contributed by atoms with Gasteiger partial charge in [-0.05, 0) is 79.5 Å². The van der Waals surface area contributed by atoms with Gasteiger partial charge in [-0.3, -0.25) is 9.78 Å². The Labute approximate surface area is 229 Å². The van der Waals surface area contributed by atoms with Gasteiger partial charge in [0.25, 0.3) is 5.91 Å². The van der Waals surface area contributed by atoms with Crippen LogP contribution in [0.25, 0.3) is 0 Å². The average Bonchev–Trinajstić information content (AvgIpc) is 3.07. The lowest BCUT2D eigenvalue weighted by molar-refractivity contribution is -0.141. The molecule has 0 saturated heterocycles. The lowest BCUT2D eigenvalue weighted by atomic mass is 9.70. The Morgan fingerprint density at radius 2 is 1.82 bits per heavy atom. The molecule has 3 aromatic rings. The first kappa shape index (κ1) is 27.6. The number of hydrogen-bond acceptors (Lipinski definition) is 6. The van der Waals surface area contributed by atoms with Gasteiger partial charge in [0.05, 0.1) is 26.9 Å². The largest absolute Gasteiger partial charge is 0.390 e. The molecule has 2 aliphatic rings. The summed E-state index contributed by atoms with van der Waals surface area (Å²) in [7, 11) is -4.02. The van der Waals surface area contributed by atoms with Crippen LogP contribution in [0, 0.1) is 23.5 Å². The smallest absolute Gasteiger partial charge is 0.255 e. The summed E-state index contributed by atoms with van der Waals surface area (Å²) in [5, 5.41) is 24.2. The number of pyridine rings is 1. The quantitative estimate of drug-likeness (QED) is 0.380. The molecule has 7 nitrogen and oxygen atoms in total. The van der Waals surface area contributed by atoms with Gasteiger partial charge in [-0.25, -0.2) is 17.2 Å². The number of anilines is 1. The van der Waals surface area contributed by atoms with Crippen molar-refractivity contribution in [3.8, 4) is 0 Å². The molecule has 2 bridgehead atoms. The standard InChI is InChI=1S/C28H27ClF2N2O5S/c29-22-7-3-17(27(35)33-20-6-8-23(30)24(31)14-20)11-25(22)39(37,38)21-12-18-4-5-19(13-21)28(18,36)26(34)10-16-2-1-9-32-15-16/h1-3,6-9,11,14-15,18-19,21,26,34,36H,4-5,10,12-13H2,(H,33,35)/t18-,19?,21?,26?,28?/m0/s1. The topological polar surface area (TPSA) is 117 Å². The molecule has 5 rings (SSSR count). The Bertz CT molecular complexity index is 1490. The fourth-order valence-electron chi connectivity index (χ4n) is 6.06. The summed E-state index contributed by atoms with van der Waals surface area (Å²) < 4.78 is 54.3. The molecule has 0 spiro atoms. The van der Waals surface area contributed by atoms with Crippen molar-refractivity contribution < 1.29 is 32.2 Å². The van der Waals surface area contributed by atoms with Crippen LogP contribution in [-0.4, -0.2) is 46.5 Å². The molecule has 0 radical (unpaired) electrons. The van der Waals surface area contributed by atoms with Crippen LogP contribution in [0.15, 0.2) is 65.8 Å². The van der Waals surface area contributed by atoms with Crippen molar-refractivity contribution in [3.63, 3.8) is 0 Å². The summed E-state index contributed by atoms with van der Waals surface area (Å²) in [6.07, 6.45) is 3.83. The molecule has 2 saturated carbocycles. The molecule has 2 fully saturated rings. The van der Waals surface area contributed by atoms with E-state index in [0.29, 0.717) is 12.8 Å². The maximum Gasteiger partial charge on any atom is 0.255 e. The van der Waals surface area contributed by atoms with E-state index in [-0.39, 0.29) is 40.4 Å². The molecule has 2 aliphatic carbocycles. The van der Waals surface area contributed by atoms with Crippen LogP contribution >= 0.6 is 11.6 Å². The number of benzene rings is 2. The van der Waals surface area contributed by atoms with Crippen LogP contribution in [-0.2, 0) is 16.3 Å². The van der Waals surface area contributed by atoms with E-state index in [1.165, 1.54) is 24.3 Å². The van der Waals surface area contributed by atoms with Gasteiger partial charge in [-0.1, -0.05) is 17.7 Å². The predicted molar refractivity (Wildman–Crippen MR) is 141 cm³/mol. The molecule has 1 aromatic heterocycles. The molecular weight excluding hydrogens is 550 g/mol. The fraction of sp³-hybridized carbons (Fsp3) is 0.357. The summed E-state index contributed by atoms with van der Waals surface area (Å²) in [5.41, 5.74) is -0.661. The first-order valence-electron chi connectivity index (χ1n) is 12.6. The van der Waals surface area contributed by atoms with E-state index in [1.54, 1.807) is 18.5 Å². The van der Waals surface area contributed by atoms with E-state index in [4.69, 9.17) is 11.6 Å². The van der Waals surface area contributed by atoms with Crippen LogP contribution in [0.4, 0.5) is 14.5 Å². The Morgan fingerprint density at radius 3 is 2.46 bits per heavy atom. The molecule has 3 N–H and O–H groups in total. The van der Waals surface area contributed by atoms with Gasteiger partial charge in [0.1, 0.15) is 0 Å². The minimum atomic E-state index is -4.02. The highest BCUT2D eigenvalue weighted by molar-refractivity contribution is 7.92. The molecule has 11 heteroatoms. The fourth-order valence-corrected chi connectivity index (χ4v) is 8.47. The predicted octanol–water partition coefficient (Wildman–Crippen LogP) is 4.56. The Hall–Kier alpha value is -2.92. The summed E-state index contributed by atoms with van der Waals surface area (Å²) in [6, 6.07) is 10.3. The second-order valence-corrected chi connectivity index (χ2v) is 12.9. The van der Waals surface area contributed by atoms with E-state index < -0.39 is 56.2 Å². The van der Waals surface area contributed by atoms with Crippen molar-refractivity contribution in [2.75, 3.05) is 5.32 Å². The monoisotopic (exact) mass is 576 g/mol. The highest BCUT2D eigenvalue weighted by Gasteiger charge is 2.58. The van der Waals surface area contributed by atoms with Crippen LogP contribution in [0.5, 0.6) is 0 Å². The van der Waals surface area contributed by atoms with Gasteiger partial charge >= 0.3 is 0 Å². The SMILES string of the molecule is O=C(Nc1ccc(F)c(F)c1)c1ccc(Cl)c(S(=O)(=O)C2CC3CC[C@@H](C2)C3(O)C(O)Cc2cccnc2)c1. The number of amides is 1. The second kappa shape index (κ2) is 10.6. The molecule has 4 unspecified atom stereocenters. The third-order valence-electron chi connectivity index (χ3n) is 8.07. The molecular formula is C28H27ClF2N2O5S. The van der Waals surface area contributed by atoms with E-state index in [1.807, 2.05) is 6.07 Å². The zero-order valence-corrected chi connectivity index (χ0v) is 22.3. The van der Waals surface area contributed by atoms with Crippen molar-refractivity contribution in [2.45, 2.75) is 54.0 Å². The highest BCUT2D eigenvalue weighted by Crippen LogP contribution is 2.54. The molecule has 1 heterocycles. The van der Waals surface area contributed by atoms with Crippen molar-refractivity contribution in [1.29, 1.82) is 0 Å². The van der Waals surface area contributed by atoms with Crippen molar-refractivity contribution in [3.05, 3.63) is 88.7 Å². The van der Waals surface area contributed by atoms with Gasteiger partial charge in [-0.15, -0.1) is 0 Å². The molecule has 2 aromatic carbocycles. The maximum absolute atomic E-state index is 13.8. The van der Waals surface area contributed by atoms with Crippen LogP contribution < -0.4 is 5.32 Å². The number of halogens is 3. The maximum atomic E-state index is 13.8.